The van der Waals surface area contributed by atoms with Gasteiger partial charge in [-0.2, -0.15) is 0 Å². The predicted molar refractivity (Wildman–Crippen MR) is 97.8 cm³/mol. The van der Waals surface area contributed by atoms with Crippen molar-refractivity contribution in [3.05, 3.63) is 68.9 Å². The van der Waals surface area contributed by atoms with E-state index in [0.717, 1.165) is 0 Å². The number of nitrogens with zero attached hydrogens (tertiary/aromatic N) is 3. The summed E-state index contributed by atoms with van der Waals surface area (Å²) in [5.41, 5.74) is 0.198. The molecule has 0 bridgehead atoms. The van der Waals surface area contributed by atoms with Crippen LogP contribution < -0.4 is 0 Å². The lowest BCUT2D eigenvalue weighted by Gasteiger charge is -2.24. The van der Waals surface area contributed by atoms with Gasteiger partial charge in [0.25, 0.3) is 0 Å². The Labute approximate surface area is 159 Å². The summed E-state index contributed by atoms with van der Waals surface area (Å²) in [6.07, 6.45) is 1.79. The van der Waals surface area contributed by atoms with Crippen molar-refractivity contribution in [2.75, 3.05) is 0 Å². The first-order chi connectivity index (χ1) is 11.8. The van der Waals surface area contributed by atoms with E-state index in [0.29, 0.717) is 32.0 Å². The molecule has 3 aromatic rings. The quantitative estimate of drug-likeness (QED) is 0.684. The number of phenols is 1. The molecule has 5 nitrogen and oxygen atoms in total. The Morgan fingerprint density at radius 3 is 2.48 bits per heavy atom. The van der Waals surface area contributed by atoms with Gasteiger partial charge in [0.05, 0.1) is 17.5 Å². The highest BCUT2D eigenvalue weighted by Gasteiger charge is 2.28. The molecular weight excluding hydrogens is 385 g/mol. The zero-order chi connectivity index (χ0) is 18.2. The van der Waals surface area contributed by atoms with Gasteiger partial charge in [0, 0.05) is 27.1 Å². The molecule has 1 aromatic heterocycles. The van der Waals surface area contributed by atoms with Gasteiger partial charge in [-0.05, 0) is 37.3 Å². The second-order valence-corrected chi connectivity index (χ2v) is 7.14. The van der Waals surface area contributed by atoms with E-state index in [1.165, 1.54) is 10.7 Å². The first-order valence-electron chi connectivity index (χ1n) is 7.34. The van der Waals surface area contributed by atoms with Crippen LogP contribution >= 0.6 is 34.8 Å². The third-order valence-electron chi connectivity index (χ3n) is 3.76. The molecule has 0 saturated heterocycles. The van der Waals surface area contributed by atoms with E-state index in [4.69, 9.17) is 34.8 Å². The van der Waals surface area contributed by atoms with Crippen LogP contribution in [0.1, 0.15) is 18.2 Å². The second-order valence-electron chi connectivity index (χ2n) is 5.86. The summed E-state index contributed by atoms with van der Waals surface area (Å²) in [6, 6.07) is 9.54. The SMILES string of the molecule is CC(O)(Cc1cn(-c2cc(Cl)ccc2O)nn1)c1ccc(Cl)cc1Cl. The number of benzene rings is 2. The summed E-state index contributed by atoms with van der Waals surface area (Å²) in [5.74, 6) is 0.0216. The number of aromatic hydroxyl groups is 1. The normalized spacial score (nSPS) is 13.6. The minimum atomic E-state index is -1.26. The summed E-state index contributed by atoms with van der Waals surface area (Å²) >= 11 is 18.0. The van der Waals surface area contributed by atoms with Crippen molar-refractivity contribution in [3.63, 3.8) is 0 Å². The molecule has 130 valence electrons. The zero-order valence-corrected chi connectivity index (χ0v) is 15.4. The van der Waals surface area contributed by atoms with Gasteiger partial charge in [0.15, 0.2) is 0 Å². The Morgan fingerprint density at radius 2 is 1.76 bits per heavy atom. The molecule has 25 heavy (non-hydrogen) atoms. The van der Waals surface area contributed by atoms with E-state index in [9.17, 15) is 10.2 Å². The summed E-state index contributed by atoms with van der Waals surface area (Å²) in [4.78, 5) is 0. The van der Waals surface area contributed by atoms with Crippen LogP contribution in [0.5, 0.6) is 5.75 Å². The van der Waals surface area contributed by atoms with E-state index in [-0.39, 0.29) is 12.2 Å². The maximum atomic E-state index is 10.8. The van der Waals surface area contributed by atoms with Gasteiger partial charge in [-0.3, -0.25) is 0 Å². The number of rotatable bonds is 4. The van der Waals surface area contributed by atoms with Gasteiger partial charge in [0.1, 0.15) is 11.4 Å². The fourth-order valence-corrected chi connectivity index (χ4v) is 3.33. The Balaban J connectivity index is 1.89. The minimum Gasteiger partial charge on any atom is -0.506 e. The topological polar surface area (TPSA) is 71.2 Å². The molecule has 2 N–H and O–H groups in total. The lowest BCUT2D eigenvalue weighted by atomic mass is 9.91. The Kier molecular flexibility index (Phi) is 4.93. The van der Waals surface area contributed by atoms with Crippen LogP contribution in [-0.4, -0.2) is 25.2 Å². The highest BCUT2D eigenvalue weighted by molar-refractivity contribution is 6.35. The number of aromatic nitrogens is 3. The highest BCUT2D eigenvalue weighted by Crippen LogP contribution is 2.33. The standard InChI is InChI=1S/C17H14Cl3N3O2/c1-17(25,13-4-2-10(18)6-14(13)20)8-12-9-23(22-21-12)15-7-11(19)3-5-16(15)24/h2-7,9,24-25H,8H2,1H3. The second kappa shape index (κ2) is 6.84. The Bertz CT molecular complexity index is 925. The molecule has 0 saturated carbocycles. The van der Waals surface area contributed by atoms with E-state index in [1.807, 2.05) is 0 Å². The number of halogens is 3. The third kappa shape index (κ3) is 3.90. The molecule has 3 rings (SSSR count). The van der Waals surface area contributed by atoms with Crippen molar-refractivity contribution in [3.8, 4) is 11.4 Å². The minimum absolute atomic E-state index is 0.0216. The van der Waals surface area contributed by atoms with Crippen LogP contribution in [0.15, 0.2) is 42.6 Å². The molecule has 0 amide bonds. The van der Waals surface area contributed by atoms with Crippen molar-refractivity contribution in [1.29, 1.82) is 0 Å². The summed E-state index contributed by atoms with van der Waals surface area (Å²) in [7, 11) is 0. The molecule has 1 atom stereocenters. The predicted octanol–water partition coefficient (Wildman–Crippen LogP) is 4.38. The fourth-order valence-electron chi connectivity index (χ4n) is 2.55. The number of hydrogen-bond donors (Lipinski definition) is 2. The molecule has 0 spiro atoms. The van der Waals surface area contributed by atoms with Gasteiger partial charge >= 0.3 is 0 Å². The van der Waals surface area contributed by atoms with Crippen molar-refractivity contribution in [2.45, 2.75) is 18.9 Å². The maximum Gasteiger partial charge on any atom is 0.141 e. The highest BCUT2D eigenvalue weighted by atomic mass is 35.5. The molecule has 0 fully saturated rings. The zero-order valence-electron chi connectivity index (χ0n) is 13.1. The van der Waals surface area contributed by atoms with Crippen LogP contribution in [-0.2, 0) is 12.0 Å². The molecule has 2 aromatic carbocycles. The molecule has 0 aliphatic heterocycles. The van der Waals surface area contributed by atoms with Crippen molar-refractivity contribution < 1.29 is 10.2 Å². The smallest absolute Gasteiger partial charge is 0.141 e. The van der Waals surface area contributed by atoms with Crippen molar-refractivity contribution in [1.82, 2.24) is 15.0 Å². The molecule has 0 aliphatic rings. The molecule has 1 unspecified atom stereocenters. The lowest BCUT2D eigenvalue weighted by molar-refractivity contribution is 0.0567. The van der Waals surface area contributed by atoms with Gasteiger partial charge < -0.3 is 10.2 Å². The number of aliphatic hydroxyl groups is 1. The van der Waals surface area contributed by atoms with Crippen LogP contribution in [0.2, 0.25) is 15.1 Å². The summed E-state index contributed by atoms with van der Waals surface area (Å²) in [5, 5.41) is 30.1. The van der Waals surface area contributed by atoms with Gasteiger partial charge in [-0.25, -0.2) is 4.68 Å². The van der Waals surface area contributed by atoms with E-state index in [2.05, 4.69) is 10.3 Å². The summed E-state index contributed by atoms with van der Waals surface area (Å²) < 4.78 is 1.40. The largest absolute Gasteiger partial charge is 0.506 e. The van der Waals surface area contributed by atoms with Crippen LogP contribution in [0.4, 0.5) is 0 Å². The molecule has 8 heteroatoms. The van der Waals surface area contributed by atoms with Crippen molar-refractivity contribution in [2.24, 2.45) is 0 Å². The van der Waals surface area contributed by atoms with Crippen molar-refractivity contribution >= 4 is 34.8 Å². The Hall–Kier alpha value is -1.79. The average molecular weight is 399 g/mol. The lowest BCUT2D eigenvalue weighted by Crippen LogP contribution is -2.25. The van der Waals surface area contributed by atoms with Gasteiger partial charge in [0.2, 0.25) is 0 Å². The van der Waals surface area contributed by atoms with E-state index < -0.39 is 5.60 Å². The van der Waals surface area contributed by atoms with Crippen LogP contribution in [0, 0.1) is 0 Å². The van der Waals surface area contributed by atoms with Gasteiger partial charge in [-0.15, -0.1) is 5.10 Å². The summed E-state index contributed by atoms with van der Waals surface area (Å²) in [6.45, 7) is 1.64. The van der Waals surface area contributed by atoms with E-state index >= 15 is 0 Å². The third-order valence-corrected chi connectivity index (χ3v) is 4.54. The first-order valence-corrected chi connectivity index (χ1v) is 8.48. The number of hydrogen-bond acceptors (Lipinski definition) is 4. The van der Waals surface area contributed by atoms with E-state index in [1.54, 1.807) is 43.5 Å². The molecule has 0 aliphatic carbocycles. The molecule has 1 heterocycles. The van der Waals surface area contributed by atoms with Gasteiger partial charge in [-0.1, -0.05) is 46.1 Å². The van der Waals surface area contributed by atoms with Crippen LogP contribution in [0.25, 0.3) is 5.69 Å². The molecular formula is C17H14Cl3N3O2. The molecule has 0 radical (unpaired) electrons. The number of phenolic OH excluding ortho intramolecular Hbond substituents is 1. The van der Waals surface area contributed by atoms with Crippen LogP contribution in [0.3, 0.4) is 0 Å². The monoisotopic (exact) mass is 397 g/mol. The Morgan fingerprint density at radius 1 is 1.08 bits per heavy atom. The fraction of sp³-hybridized carbons (Fsp3) is 0.176. The maximum absolute atomic E-state index is 10.8. The average Bonchev–Trinajstić information content (AvgIpc) is 2.96. The first kappa shape index (κ1) is 18.0.